The molecule has 0 spiro atoms. The number of hydrogen-bond donors (Lipinski definition) is 1. The van der Waals surface area contributed by atoms with E-state index in [1.54, 1.807) is 16.8 Å². The molecule has 0 amide bonds. The Kier molecular flexibility index (Phi) is 3.18. The van der Waals surface area contributed by atoms with E-state index in [-0.39, 0.29) is 11.2 Å². The summed E-state index contributed by atoms with van der Waals surface area (Å²) < 4.78 is 20.0. The van der Waals surface area contributed by atoms with E-state index < -0.39 is 5.82 Å². The average Bonchev–Trinajstić information content (AvgIpc) is 2.71. The van der Waals surface area contributed by atoms with Gasteiger partial charge in [-0.15, -0.1) is 5.10 Å². The summed E-state index contributed by atoms with van der Waals surface area (Å²) >= 11 is 0. The number of nitrogens with zero attached hydrogens (tertiary/aromatic N) is 3. The molecule has 2 rings (SSSR count). The number of aromatic nitrogens is 3. The summed E-state index contributed by atoms with van der Waals surface area (Å²) in [7, 11) is 1.42. The molecule has 102 valence electrons. The minimum Gasteiger partial charge on any atom is -0.494 e. The monoisotopic (exact) mass is 264 g/mol. The first-order valence-corrected chi connectivity index (χ1v) is 5.90. The van der Waals surface area contributed by atoms with E-state index in [2.05, 4.69) is 10.3 Å². The lowest BCUT2D eigenvalue weighted by Gasteiger charge is -2.20. The van der Waals surface area contributed by atoms with Gasteiger partial charge in [0.15, 0.2) is 17.4 Å². The first kappa shape index (κ1) is 13.3. The molecule has 2 aromatic rings. The average molecular weight is 264 g/mol. The number of rotatable bonds is 2. The van der Waals surface area contributed by atoms with Gasteiger partial charge in [0.1, 0.15) is 0 Å². The maximum Gasteiger partial charge on any atom is 0.170 e. The molecule has 1 aromatic heterocycles. The first-order chi connectivity index (χ1) is 8.84. The van der Waals surface area contributed by atoms with Crippen LogP contribution in [0.25, 0.3) is 5.69 Å². The lowest BCUT2D eigenvalue weighted by molar-refractivity contribution is 0.386. The third-order valence-electron chi connectivity index (χ3n) is 2.79. The van der Waals surface area contributed by atoms with Gasteiger partial charge in [-0.2, -0.15) is 0 Å². The highest BCUT2D eigenvalue weighted by Gasteiger charge is 2.25. The highest BCUT2D eigenvalue weighted by molar-refractivity contribution is 5.46. The minimum absolute atomic E-state index is 0.159. The Morgan fingerprint density at radius 2 is 2.00 bits per heavy atom. The summed E-state index contributed by atoms with van der Waals surface area (Å²) in [5.41, 5.74) is 7.08. The van der Waals surface area contributed by atoms with Crippen molar-refractivity contribution in [2.45, 2.75) is 26.2 Å². The summed E-state index contributed by atoms with van der Waals surface area (Å²) in [6.07, 6.45) is 0. The SMILES string of the molecule is COc1cc(-n2nnc(N)c2C(C)(C)C)ccc1F. The summed E-state index contributed by atoms with van der Waals surface area (Å²) in [5, 5.41) is 7.91. The number of hydrogen-bond acceptors (Lipinski definition) is 4. The summed E-state index contributed by atoms with van der Waals surface area (Å²) in [5.74, 6) is 0.110. The van der Waals surface area contributed by atoms with Crippen LogP contribution in [0.1, 0.15) is 26.5 Å². The van der Waals surface area contributed by atoms with E-state index in [4.69, 9.17) is 10.5 Å². The van der Waals surface area contributed by atoms with E-state index in [9.17, 15) is 4.39 Å². The maximum atomic E-state index is 13.4. The van der Waals surface area contributed by atoms with E-state index in [1.165, 1.54) is 13.2 Å². The predicted octanol–water partition coefficient (Wildman–Crippen LogP) is 2.29. The molecule has 0 aliphatic carbocycles. The summed E-state index contributed by atoms with van der Waals surface area (Å²) in [6.45, 7) is 6.04. The molecule has 0 saturated heterocycles. The molecular formula is C13H17FN4O. The number of methoxy groups -OCH3 is 1. The Bertz CT molecular complexity index is 601. The van der Waals surface area contributed by atoms with Gasteiger partial charge in [-0.3, -0.25) is 0 Å². The molecule has 0 atom stereocenters. The number of nitrogen functional groups attached to an aromatic ring is 1. The summed E-state index contributed by atoms with van der Waals surface area (Å²) in [4.78, 5) is 0. The standard InChI is InChI=1S/C13H17FN4O/c1-13(2,3)11-12(15)16-17-18(11)8-5-6-9(14)10(7-8)19-4/h5-7H,15H2,1-4H3. The van der Waals surface area contributed by atoms with Crippen molar-refractivity contribution in [2.75, 3.05) is 12.8 Å². The molecule has 0 saturated carbocycles. The number of halogens is 1. The number of nitrogens with two attached hydrogens (primary N) is 1. The van der Waals surface area contributed by atoms with E-state index in [0.717, 1.165) is 5.69 Å². The van der Waals surface area contributed by atoms with Crippen LogP contribution in [0.2, 0.25) is 0 Å². The second kappa shape index (κ2) is 4.53. The van der Waals surface area contributed by atoms with Crippen molar-refractivity contribution in [1.29, 1.82) is 0 Å². The molecule has 0 bridgehead atoms. The predicted molar refractivity (Wildman–Crippen MR) is 71.0 cm³/mol. The van der Waals surface area contributed by atoms with Crippen molar-refractivity contribution in [1.82, 2.24) is 15.0 Å². The fourth-order valence-electron chi connectivity index (χ4n) is 1.96. The van der Waals surface area contributed by atoms with Crippen LogP contribution in [-0.4, -0.2) is 22.1 Å². The first-order valence-electron chi connectivity index (χ1n) is 5.90. The van der Waals surface area contributed by atoms with Crippen LogP contribution in [-0.2, 0) is 5.41 Å². The van der Waals surface area contributed by atoms with Gasteiger partial charge in [0, 0.05) is 11.5 Å². The molecule has 1 heterocycles. The summed E-state index contributed by atoms with van der Waals surface area (Å²) in [6, 6.07) is 4.51. The van der Waals surface area contributed by atoms with Crippen LogP contribution in [0.4, 0.5) is 10.2 Å². The molecular weight excluding hydrogens is 247 g/mol. The van der Waals surface area contributed by atoms with E-state index in [0.29, 0.717) is 11.5 Å². The van der Waals surface area contributed by atoms with Crippen molar-refractivity contribution >= 4 is 5.82 Å². The molecule has 1 aromatic carbocycles. The molecule has 5 nitrogen and oxygen atoms in total. The molecule has 0 fully saturated rings. The Balaban J connectivity index is 2.60. The fraction of sp³-hybridized carbons (Fsp3) is 0.385. The maximum absolute atomic E-state index is 13.4. The zero-order valence-corrected chi connectivity index (χ0v) is 11.4. The largest absolute Gasteiger partial charge is 0.494 e. The Morgan fingerprint density at radius 1 is 1.32 bits per heavy atom. The number of ether oxygens (including phenoxy) is 1. The van der Waals surface area contributed by atoms with Gasteiger partial charge in [-0.1, -0.05) is 26.0 Å². The van der Waals surface area contributed by atoms with Crippen LogP contribution >= 0.6 is 0 Å². The Hall–Kier alpha value is -2.11. The second-order valence-corrected chi connectivity index (χ2v) is 5.30. The van der Waals surface area contributed by atoms with E-state index >= 15 is 0 Å². The third kappa shape index (κ3) is 2.38. The van der Waals surface area contributed by atoms with Crippen LogP contribution in [0.3, 0.4) is 0 Å². The quantitative estimate of drug-likeness (QED) is 0.903. The van der Waals surface area contributed by atoms with Crippen LogP contribution in [0.15, 0.2) is 18.2 Å². The molecule has 0 unspecified atom stereocenters. The van der Waals surface area contributed by atoms with Crippen molar-refractivity contribution in [3.8, 4) is 11.4 Å². The van der Waals surface area contributed by atoms with Gasteiger partial charge in [0.2, 0.25) is 0 Å². The molecule has 0 aliphatic rings. The Morgan fingerprint density at radius 3 is 2.58 bits per heavy atom. The lowest BCUT2D eigenvalue weighted by Crippen LogP contribution is -2.19. The van der Waals surface area contributed by atoms with Gasteiger partial charge in [0.25, 0.3) is 0 Å². The lowest BCUT2D eigenvalue weighted by atomic mass is 9.91. The van der Waals surface area contributed by atoms with Gasteiger partial charge < -0.3 is 10.5 Å². The van der Waals surface area contributed by atoms with Gasteiger partial charge in [0.05, 0.1) is 18.5 Å². The molecule has 0 radical (unpaired) electrons. The molecule has 2 N–H and O–H groups in total. The molecule has 6 heteroatoms. The highest BCUT2D eigenvalue weighted by atomic mass is 19.1. The minimum atomic E-state index is -0.420. The van der Waals surface area contributed by atoms with Gasteiger partial charge in [-0.25, -0.2) is 9.07 Å². The van der Waals surface area contributed by atoms with Gasteiger partial charge >= 0.3 is 0 Å². The van der Waals surface area contributed by atoms with Crippen molar-refractivity contribution in [2.24, 2.45) is 0 Å². The van der Waals surface area contributed by atoms with E-state index in [1.807, 2.05) is 20.8 Å². The van der Waals surface area contributed by atoms with Crippen LogP contribution in [0, 0.1) is 5.82 Å². The number of benzene rings is 1. The van der Waals surface area contributed by atoms with Gasteiger partial charge in [-0.05, 0) is 12.1 Å². The fourth-order valence-corrected chi connectivity index (χ4v) is 1.96. The van der Waals surface area contributed by atoms with Crippen molar-refractivity contribution < 1.29 is 9.13 Å². The number of anilines is 1. The molecule has 19 heavy (non-hydrogen) atoms. The Labute approximate surface area is 111 Å². The topological polar surface area (TPSA) is 66.0 Å². The zero-order valence-electron chi connectivity index (χ0n) is 11.4. The van der Waals surface area contributed by atoms with Crippen LogP contribution < -0.4 is 10.5 Å². The third-order valence-corrected chi connectivity index (χ3v) is 2.79. The van der Waals surface area contributed by atoms with Crippen LogP contribution in [0.5, 0.6) is 5.75 Å². The normalized spacial score (nSPS) is 11.6. The van der Waals surface area contributed by atoms with Crippen molar-refractivity contribution in [3.63, 3.8) is 0 Å². The molecule has 0 aliphatic heterocycles. The van der Waals surface area contributed by atoms with Crippen molar-refractivity contribution in [3.05, 3.63) is 29.7 Å². The zero-order chi connectivity index (χ0) is 14.2. The smallest absolute Gasteiger partial charge is 0.170 e. The highest BCUT2D eigenvalue weighted by Crippen LogP contribution is 2.29. The second-order valence-electron chi connectivity index (χ2n) is 5.30.